The van der Waals surface area contributed by atoms with Gasteiger partial charge in [-0.15, -0.1) is 0 Å². The van der Waals surface area contributed by atoms with Crippen molar-refractivity contribution in [2.75, 3.05) is 16.5 Å². The third-order valence-electron chi connectivity index (χ3n) is 16.7. The molecular formula is C78H59BN4O2. The van der Waals surface area contributed by atoms with Crippen LogP contribution in [0.2, 0.25) is 0 Å². The molecular weight excluding hydrogens is 1040 g/mol. The number of ether oxygens (including phenoxy) is 1. The zero-order valence-corrected chi connectivity index (χ0v) is 47.6. The maximum atomic E-state index is 7.29. The van der Waals surface area contributed by atoms with E-state index in [1.165, 1.54) is 5.56 Å². The average molecular weight is 1100 g/mol. The van der Waals surface area contributed by atoms with E-state index in [-0.39, 0.29) is 12.3 Å². The first-order valence-corrected chi connectivity index (χ1v) is 29.2. The predicted octanol–water partition coefficient (Wildman–Crippen LogP) is 18.5. The Morgan fingerprint density at radius 2 is 0.929 bits per heavy atom. The van der Waals surface area contributed by atoms with E-state index in [0.29, 0.717) is 6.67 Å². The lowest BCUT2D eigenvalue weighted by Crippen LogP contribution is -2.52. The molecule has 0 radical (unpaired) electrons. The highest BCUT2D eigenvalue weighted by molar-refractivity contribution is 6.81. The Balaban J connectivity index is 0.890. The summed E-state index contributed by atoms with van der Waals surface area (Å²) in [7, 11) is 0. The number of fused-ring (bicyclic) bond motifs is 6. The standard InChI is InChI=1S/C78H59BN4O2/c1-78(2,3)63-40-41-80-75(48-63)83-72-35-20-19-32-69(72)70-38-36-65(49-73(70)83)84-66-37-39-71-74(50-66)82-52-81(51-76(82)85-79(71)64-30-17-8-18-31-64)77-67(61-44-57(53-22-9-4-10-23-53)42-58(45-61)54-24-11-5-12-25-54)33-21-34-68(77)62-46-59(55-26-13-6-14-27-55)43-60(47-62)56-28-15-7-16-29-56/h4-51H,52H2,1-3H3. The first-order chi connectivity index (χ1) is 41.7. The summed E-state index contributed by atoms with van der Waals surface area (Å²) in [6.45, 7) is 6.82. The van der Waals surface area contributed by atoms with Crippen molar-refractivity contribution in [2.24, 2.45) is 0 Å². The number of nitrogens with zero attached hydrogens (tertiary/aromatic N) is 4. The van der Waals surface area contributed by atoms with Gasteiger partial charge in [-0.2, -0.15) is 0 Å². The Labute approximate surface area is 496 Å². The molecule has 11 aromatic carbocycles. The van der Waals surface area contributed by atoms with Crippen molar-refractivity contribution in [1.82, 2.24) is 9.55 Å². The van der Waals surface area contributed by atoms with Gasteiger partial charge in [0.2, 0.25) is 0 Å². The third-order valence-corrected chi connectivity index (χ3v) is 16.7. The zero-order valence-electron chi connectivity index (χ0n) is 47.6. The molecule has 0 saturated carbocycles. The lowest BCUT2D eigenvalue weighted by atomic mass is 9.54. The molecule has 0 aliphatic carbocycles. The fourth-order valence-electron chi connectivity index (χ4n) is 12.5. The van der Waals surface area contributed by atoms with Gasteiger partial charge in [-0.05, 0) is 150 Å². The van der Waals surface area contributed by atoms with Crippen LogP contribution in [0.4, 0.5) is 11.4 Å². The number of para-hydroxylation sites is 2. The highest BCUT2D eigenvalue weighted by Gasteiger charge is 2.40. The van der Waals surface area contributed by atoms with Crippen LogP contribution in [0.5, 0.6) is 11.5 Å². The average Bonchev–Trinajstić information content (AvgIpc) is 2.05. The van der Waals surface area contributed by atoms with E-state index >= 15 is 0 Å². The number of pyridine rings is 1. The molecule has 2 aliphatic rings. The second kappa shape index (κ2) is 21.3. The van der Waals surface area contributed by atoms with Gasteiger partial charge in [-0.25, -0.2) is 4.98 Å². The van der Waals surface area contributed by atoms with Crippen molar-refractivity contribution in [2.45, 2.75) is 26.2 Å². The van der Waals surface area contributed by atoms with Gasteiger partial charge in [0.05, 0.1) is 22.9 Å². The van der Waals surface area contributed by atoms with Crippen molar-refractivity contribution in [3.8, 4) is 84.1 Å². The van der Waals surface area contributed by atoms with E-state index < -0.39 is 0 Å². The van der Waals surface area contributed by atoms with E-state index in [1.807, 2.05) is 6.20 Å². The lowest BCUT2D eigenvalue weighted by Gasteiger charge is -2.34. The Morgan fingerprint density at radius 1 is 0.435 bits per heavy atom. The highest BCUT2D eigenvalue weighted by atomic mass is 16.5. The molecule has 7 heteroatoms. The second-order valence-corrected chi connectivity index (χ2v) is 23.2. The van der Waals surface area contributed by atoms with Crippen molar-refractivity contribution in [3.05, 3.63) is 303 Å². The van der Waals surface area contributed by atoms with Gasteiger partial charge in [0.15, 0.2) is 5.88 Å². The normalized spacial score (nSPS) is 12.9. The summed E-state index contributed by atoms with van der Waals surface area (Å²) >= 11 is 0. The predicted molar refractivity (Wildman–Crippen MR) is 353 cm³/mol. The Bertz CT molecular complexity index is 4410. The molecule has 0 bridgehead atoms. The molecule has 6 nitrogen and oxygen atoms in total. The third kappa shape index (κ3) is 9.69. The largest absolute Gasteiger partial charge is 0.538 e. The molecule has 0 spiro atoms. The number of benzene rings is 11. The van der Waals surface area contributed by atoms with Crippen LogP contribution in [-0.2, 0) is 10.1 Å². The monoisotopic (exact) mass is 1090 g/mol. The van der Waals surface area contributed by atoms with Gasteiger partial charge < -0.3 is 14.3 Å². The summed E-state index contributed by atoms with van der Waals surface area (Å²) in [5.74, 6) is 3.08. The highest BCUT2D eigenvalue weighted by Crippen LogP contribution is 2.47. The fourth-order valence-corrected chi connectivity index (χ4v) is 12.5. The fraction of sp³-hybridized carbons (Fsp3) is 0.0641. The lowest BCUT2D eigenvalue weighted by molar-refractivity contribution is 0.430. The van der Waals surface area contributed by atoms with Crippen LogP contribution in [0, 0.1) is 0 Å². The maximum Gasteiger partial charge on any atom is 0.430 e. The second-order valence-electron chi connectivity index (χ2n) is 23.2. The first kappa shape index (κ1) is 51.3. The number of anilines is 2. The van der Waals surface area contributed by atoms with E-state index in [1.54, 1.807) is 0 Å². The number of hydrogen-bond donors (Lipinski definition) is 0. The molecule has 406 valence electrons. The van der Waals surface area contributed by atoms with Crippen LogP contribution < -0.4 is 25.5 Å². The molecule has 13 aromatic rings. The minimum absolute atomic E-state index is 0.0447. The topological polar surface area (TPSA) is 42.8 Å². The maximum absolute atomic E-state index is 7.29. The van der Waals surface area contributed by atoms with Crippen LogP contribution in [0.1, 0.15) is 26.3 Å². The summed E-state index contributed by atoms with van der Waals surface area (Å²) in [4.78, 5) is 9.66. The van der Waals surface area contributed by atoms with Crippen molar-refractivity contribution in [1.29, 1.82) is 0 Å². The molecule has 0 atom stereocenters. The number of aromatic nitrogens is 2. The van der Waals surface area contributed by atoms with Gasteiger partial charge in [-0.3, -0.25) is 9.47 Å². The summed E-state index contributed by atoms with van der Waals surface area (Å²) in [5, 5.41) is 2.30. The van der Waals surface area contributed by atoms with Crippen molar-refractivity contribution >= 4 is 51.0 Å². The number of hydrogen-bond acceptors (Lipinski definition) is 5. The molecule has 15 rings (SSSR count). The quantitative estimate of drug-likeness (QED) is 0.121. The molecule has 4 heterocycles. The van der Waals surface area contributed by atoms with Crippen molar-refractivity contribution < 1.29 is 9.39 Å². The molecule has 2 aliphatic heterocycles. The van der Waals surface area contributed by atoms with E-state index in [9.17, 15) is 0 Å². The molecule has 0 unspecified atom stereocenters. The summed E-state index contributed by atoms with van der Waals surface area (Å²) in [5.41, 5.74) is 21.1. The molecule has 85 heavy (non-hydrogen) atoms. The molecule has 0 N–H and O–H groups in total. The Kier molecular flexibility index (Phi) is 12.8. The Hall–Kier alpha value is -10.6. The molecule has 0 amide bonds. The van der Waals surface area contributed by atoms with E-state index in [0.717, 1.165) is 134 Å². The van der Waals surface area contributed by atoms with Gasteiger partial charge in [0, 0.05) is 45.9 Å². The van der Waals surface area contributed by atoms with Crippen LogP contribution in [0.15, 0.2) is 297 Å². The minimum atomic E-state index is -0.377. The first-order valence-electron chi connectivity index (χ1n) is 29.2. The van der Waals surface area contributed by atoms with Crippen LogP contribution in [-0.4, -0.2) is 23.1 Å². The molecule has 2 aromatic heterocycles. The zero-order chi connectivity index (χ0) is 57.0. The molecule has 0 saturated heterocycles. The summed E-state index contributed by atoms with van der Waals surface area (Å²) in [6, 6.07) is 100. The van der Waals surface area contributed by atoms with Crippen LogP contribution in [0.3, 0.4) is 0 Å². The Morgan fingerprint density at radius 3 is 1.49 bits per heavy atom. The van der Waals surface area contributed by atoms with Crippen molar-refractivity contribution in [3.63, 3.8) is 0 Å². The number of rotatable bonds is 11. The minimum Gasteiger partial charge on any atom is -0.538 e. The smallest absolute Gasteiger partial charge is 0.430 e. The van der Waals surface area contributed by atoms with Crippen LogP contribution >= 0.6 is 0 Å². The summed E-state index contributed by atoms with van der Waals surface area (Å²) < 4.78 is 16.6. The summed E-state index contributed by atoms with van der Waals surface area (Å²) in [6.07, 6.45) is 4.14. The van der Waals surface area contributed by atoms with E-state index in [2.05, 4.69) is 320 Å². The van der Waals surface area contributed by atoms with Gasteiger partial charge in [-0.1, -0.05) is 215 Å². The molecule has 0 fully saturated rings. The van der Waals surface area contributed by atoms with Gasteiger partial charge >= 0.3 is 6.92 Å². The SMILES string of the molecule is CC(C)(C)c1ccnc(-n2c3ccccc3c3ccc(Oc4ccc5c(c4)N4CN(c6c(-c7cc(-c8ccccc8)cc(-c8ccccc8)c7)cccc6-c6cc(-c7ccccc7)cc(-c7ccccc7)c6)C=C4OB5c4ccccc4)cc32)c1. The van der Waals surface area contributed by atoms with E-state index in [4.69, 9.17) is 14.4 Å². The van der Waals surface area contributed by atoms with Gasteiger partial charge in [0.1, 0.15) is 24.0 Å². The van der Waals surface area contributed by atoms with Gasteiger partial charge in [0.25, 0.3) is 0 Å². The van der Waals surface area contributed by atoms with Crippen LogP contribution in [0.25, 0.3) is 94.4 Å².